The number of halogens is 2. The number of carbonyl (C=O) groups is 3. The summed E-state index contributed by atoms with van der Waals surface area (Å²) in [6.07, 6.45) is -0.299. The molecule has 0 spiro atoms. The summed E-state index contributed by atoms with van der Waals surface area (Å²) in [6.45, 7) is 0. The van der Waals surface area contributed by atoms with Gasteiger partial charge in [0.2, 0.25) is 5.91 Å². The van der Waals surface area contributed by atoms with E-state index in [1.165, 1.54) is 12.1 Å². The van der Waals surface area contributed by atoms with Crippen molar-refractivity contribution in [3.05, 3.63) is 29.0 Å². The highest BCUT2D eigenvalue weighted by Gasteiger charge is 2.34. The van der Waals surface area contributed by atoms with Gasteiger partial charge in [0.25, 0.3) is 11.8 Å². The molecule has 0 bridgehead atoms. The molecular weight excluding hydrogens is 277 g/mol. The molecule has 3 amide bonds. The van der Waals surface area contributed by atoms with Gasteiger partial charge in [0.1, 0.15) is 11.7 Å². The highest BCUT2D eigenvalue weighted by Crippen LogP contribution is 2.20. The summed E-state index contributed by atoms with van der Waals surface area (Å²) in [7, 11) is 0. The van der Waals surface area contributed by atoms with Gasteiger partial charge in [-0.2, -0.15) is 0 Å². The van der Waals surface area contributed by atoms with Crippen molar-refractivity contribution in [2.75, 3.05) is 5.32 Å². The largest absolute Gasteiger partial charge is 0.326 e. The molecule has 0 unspecified atom stereocenters. The average Bonchev–Trinajstić information content (AvgIpc) is 2.66. The molecule has 6 nitrogen and oxygen atoms in total. The molecule has 0 aromatic heterocycles. The number of amides is 3. The van der Waals surface area contributed by atoms with E-state index in [4.69, 9.17) is 11.6 Å². The lowest BCUT2D eigenvalue weighted by atomic mass is 10.1. The maximum atomic E-state index is 12.9. The molecule has 1 aromatic carbocycles. The predicted octanol–water partition coefficient (Wildman–Crippen LogP) is 0.585. The van der Waals surface area contributed by atoms with Crippen LogP contribution >= 0.6 is 11.6 Å². The molecule has 1 fully saturated rings. The van der Waals surface area contributed by atoms with Gasteiger partial charge in [0.15, 0.2) is 0 Å². The molecule has 1 aliphatic heterocycles. The quantitative estimate of drug-likeness (QED) is 0.710. The number of hydrogen-bond donors (Lipinski definition) is 3. The third kappa shape index (κ3) is 3.00. The first-order chi connectivity index (χ1) is 8.97. The summed E-state index contributed by atoms with van der Waals surface area (Å²) in [5.74, 6) is -3.32. The zero-order valence-electron chi connectivity index (χ0n) is 9.50. The molecule has 19 heavy (non-hydrogen) atoms. The van der Waals surface area contributed by atoms with Crippen molar-refractivity contribution >= 4 is 35.0 Å². The third-order valence-corrected chi connectivity index (χ3v) is 2.82. The smallest absolute Gasteiger partial charge is 0.251 e. The van der Waals surface area contributed by atoms with E-state index in [1.54, 1.807) is 0 Å². The van der Waals surface area contributed by atoms with Crippen LogP contribution in [0.1, 0.15) is 6.42 Å². The zero-order valence-corrected chi connectivity index (χ0v) is 10.3. The van der Waals surface area contributed by atoms with Crippen LogP contribution in [0.15, 0.2) is 18.2 Å². The van der Waals surface area contributed by atoms with Crippen molar-refractivity contribution in [2.24, 2.45) is 5.92 Å². The first-order valence-electron chi connectivity index (χ1n) is 5.32. The molecule has 8 heteroatoms. The van der Waals surface area contributed by atoms with Gasteiger partial charge in [-0.05, 0) is 18.2 Å². The lowest BCUT2D eigenvalue weighted by Crippen LogP contribution is -2.28. The minimum Gasteiger partial charge on any atom is -0.326 e. The fraction of sp³-hybridized carbons (Fsp3) is 0.182. The Kier molecular flexibility index (Phi) is 3.66. The zero-order chi connectivity index (χ0) is 14.0. The summed E-state index contributed by atoms with van der Waals surface area (Å²) in [4.78, 5) is 34.1. The molecule has 1 saturated heterocycles. The highest BCUT2D eigenvalue weighted by atomic mass is 35.5. The van der Waals surface area contributed by atoms with Gasteiger partial charge >= 0.3 is 0 Å². The van der Waals surface area contributed by atoms with E-state index in [0.717, 1.165) is 6.07 Å². The van der Waals surface area contributed by atoms with Crippen molar-refractivity contribution in [3.63, 3.8) is 0 Å². The Hall–Kier alpha value is -2.15. The van der Waals surface area contributed by atoms with Gasteiger partial charge in [-0.1, -0.05) is 11.6 Å². The molecule has 2 rings (SSSR count). The van der Waals surface area contributed by atoms with Gasteiger partial charge in [0.05, 0.1) is 5.02 Å². The van der Waals surface area contributed by atoms with E-state index >= 15 is 0 Å². The lowest BCUT2D eigenvalue weighted by molar-refractivity contribution is -0.131. The first-order valence-corrected chi connectivity index (χ1v) is 5.70. The molecule has 1 aromatic rings. The van der Waals surface area contributed by atoms with Crippen LogP contribution in [0.5, 0.6) is 0 Å². The third-order valence-electron chi connectivity index (χ3n) is 2.53. The predicted molar refractivity (Wildman–Crippen MR) is 64.4 cm³/mol. The number of rotatable bonds is 3. The van der Waals surface area contributed by atoms with Crippen LogP contribution in [0.2, 0.25) is 5.02 Å². The number of anilines is 1. The normalized spacial score (nSPS) is 15.1. The molecule has 0 radical (unpaired) electrons. The second kappa shape index (κ2) is 5.23. The first kappa shape index (κ1) is 13.3. The SMILES string of the molecule is O=C(CC1C(=O)NNC1=O)Nc1ccc(F)c(Cl)c1. The Bertz CT molecular complexity index is 548. The van der Waals surface area contributed by atoms with Crippen LogP contribution < -0.4 is 16.2 Å². The maximum absolute atomic E-state index is 12.9. The average molecular weight is 286 g/mol. The summed E-state index contributed by atoms with van der Waals surface area (Å²) in [5, 5.41) is 2.30. The number of benzene rings is 1. The van der Waals surface area contributed by atoms with Gasteiger partial charge in [0, 0.05) is 12.1 Å². The second-order valence-electron chi connectivity index (χ2n) is 3.91. The summed E-state index contributed by atoms with van der Waals surface area (Å²) < 4.78 is 12.9. The van der Waals surface area contributed by atoms with Crippen molar-refractivity contribution in [1.29, 1.82) is 0 Å². The topological polar surface area (TPSA) is 87.3 Å². The van der Waals surface area contributed by atoms with E-state index in [1.807, 2.05) is 0 Å². The van der Waals surface area contributed by atoms with Gasteiger partial charge in [-0.15, -0.1) is 0 Å². The summed E-state index contributed by atoms with van der Waals surface area (Å²) >= 11 is 5.56. The van der Waals surface area contributed by atoms with Crippen LogP contribution in [-0.2, 0) is 14.4 Å². The van der Waals surface area contributed by atoms with Crippen LogP contribution in [0.4, 0.5) is 10.1 Å². The van der Waals surface area contributed by atoms with Crippen LogP contribution in [0.3, 0.4) is 0 Å². The minimum absolute atomic E-state index is 0.130. The summed E-state index contributed by atoms with van der Waals surface area (Å²) in [5.41, 5.74) is 4.52. The second-order valence-corrected chi connectivity index (χ2v) is 4.32. The van der Waals surface area contributed by atoms with Gasteiger partial charge in [-0.25, -0.2) is 4.39 Å². The monoisotopic (exact) mass is 285 g/mol. The van der Waals surface area contributed by atoms with Crippen LogP contribution in [-0.4, -0.2) is 17.7 Å². The number of nitrogens with one attached hydrogen (secondary N) is 3. The van der Waals surface area contributed by atoms with E-state index in [9.17, 15) is 18.8 Å². The van der Waals surface area contributed by atoms with E-state index in [2.05, 4.69) is 16.2 Å². The fourth-order valence-corrected chi connectivity index (χ4v) is 1.75. The van der Waals surface area contributed by atoms with Gasteiger partial charge in [-0.3, -0.25) is 25.2 Å². The molecule has 1 heterocycles. The van der Waals surface area contributed by atoms with E-state index < -0.39 is 29.5 Å². The Morgan fingerprint density at radius 2 is 1.95 bits per heavy atom. The molecular formula is C11H9ClFN3O3. The summed E-state index contributed by atoms with van der Waals surface area (Å²) in [6, 6.07) is 3.67. The van der Waals surface area contributed by atoms with Crippen LogP contribution in [0.25, 0.3) is 0 Å². The molecule has 0 saturated carbocycles. The maximum Gasteiger partial charge on any atom is 0.251 e. The Morgan fingerprint density at radius 3 is 2.53 bits per heavy atom. The van der Waals surface area contributed by atoms with Crippen molar-refractivity contribution in [2.45, 2.75) is 6.42 Å². The van der Waals surface area contributed by atoms with Crippen molar-refractivity contribution in [1.82, 2.24) is 10.9 Å². The Balaban J connectivity index is 1.99. The standard InChI is InChI=1S/C11H9ClFN3O3/c12-7-3-5(1-2-8(7)13)14-9(17)4-6-10(18)15-16-11(6)19/h1-3,6H,4H2,(H,14,17)(H,15,18)(H,16,19). The number of hydrogen-bond acceptors (Lipinski definition) is 3. The molecule has 1 aliphatic rings. The number of hydrazine groups is 1. The van der Waals surface area contributed by atoms with Crippen molar-refractivity contribution < 1.29 is 18.8 Å². The van der Waals surface area contributed by atoms with E-state index in [0.29, 0.717) is 0 Å². The lowest BCUT2D eigenvalue weighted by Gasteiger charge is -2.07. The molecule has 0 aliphatic carbocycles. The van der Waals surface area contributed by atoms with E-state index in [-0.39, 0.29) is 17.1 Å². The Morgan fingerprint density at radius 1 is 1.32 bits per heavy atom. The molecule has 3 N–H and O–H groups in total. The highest BCUT2D eigenvalue weighted by molar-refractivity contribution is 6.31. The minimum atomic E-state index is -1.06. The number of carbonyl (C=O) groups excluding carboxylic acids is 3. The Labute approximate surface area is 112 Å². The fourth-order valence-electron chi connectivity index (χ4n) is 1.57. The van der Waals surface area contributed by atoms with Crippen LogP contribution in [0, 0.1) is 11.7 Å². The molecule has 100 valence electrons. The van der Waals surface area contributed by atoms with Gasteiger partial charge < -0.3 is 5.32 Å². The molecule has 0 atom stereocenters. The van der Waals surface area contributed by atoms with Crippen molar-refractivity contribution in [3.8, 4) is 0 Å².